The SMILES string of the molecule is Cc1nn(-c2ccc(F)cc2)c2sc(C(=O)N(C3CC3)C3CCS(=O)(=O)C3)cc12. The van der Waals surface area contributed by atoms with E-state index in [1.54, 1.807) is 21.7 Å². The summed E-state index contributed by atoms with van der Waals surface area (Å²) < 4.78 is 38.9. The van der Waals surface area contributed by atoms with Crippen molar-refractivity contribution in [3.8, 4) is 5.69 Å². The van der Waals surface area contributed by atoms with E-state index in [9.17, 15) is 17.6 Å². The van der Waals surface area contributed by atoms with E-state index in [0.29, 0.717) is 11.3 Å². The summed E-state index contributed by atoms with van der Waals surface area (Å²) in [6.45, 7) is 1.88. The zero-order valence-electron chi connectivity index (χ0n) is 15.8. The highest BCUT2D eigenvalue weighted by Crippen LogP contribution is 2.37. The van der Waals surface area contributed by atoms with E-state index in [0.717, 1.165) is 34.4 Å². The predicted molar refractivity (Wildman–Crippen MR) is 110 cm³/mol. The molecule has 29 heavy (non-hydrogen) atoms. The Morgan fingerprint density at radius 1 is 1.21 bits per heavy atom. The summed E-state index contributed by atoms with van der Waals surface area (Å²) in [6, 6.07) is 7.83. The fourth-order valence-electron chi connectivity index (χ4n) is 4.01. The first kappa shape index (κ1) is 18.7. The van der Waals surface area contributed by atoms with Gasteiger partial charge in [0.1, 0.15) is 10.6 Å². The molecular weight excluding hydrogens is 413 g/mol. The third-order valence-corrected chi connectivity index (χ3v) is 8.45. The average molecular weight is 434 g/mol. The van der Waals surface area contributed by atoms with E-state index in [2.05, 4.69) is 5.10 Å². The van der Waals surface area contributed by atoms with Gasteiger partial charge >= 0.3 is 0 Å². The molecule has 0 bridgehead atoms. The van der Waals surface area contributed by atoms with E-state index >= 15 is 0 Å². The zero-order valence-corrected chi connectivity index (χ0v) is 17.5. The minimum atomic E-state index is -3.06. The van der Waals surface area contributed by atoms with Gasteiger partial charge in [0.25, 0.3) is 5.91 Å². The van der Waals surface area contributed by atoms with Crippen molar-refractivity contribution in [1.82, 2.24) is 14.7 Å². The highest BCUT2D eigenvalue weighted by Gasteiger charge is 2.42. The molecule has 2 aliphatic rings. The molecule has 1 unspecified atom stereocenters. The number of thiophene rings is 1. The fourth-order valence-corrected chi connectivity index (χ4v) is 6.85. The summed E-state index contributed by atoms with van der Waals surface area (Å²) in [4.78, 5) is 16.6. The second kappa shape index (κ2) is 6.63. The van der Waals surface area contributed by atoms with Crippen molar-refractivity contribution < 1.29 is 17.6 Å². The number of halogens is 1. The Morgan fingerprint density at radius 3 is 2.55 bits per heavy atom. The molecule has 1 aliphatic heterocycles. The number of hydrogen-bond donors (Lipinski definition) is 0. The molecule has 6 nitrogen and oxygen atoms in total. The Labute approximate surface area is 171 Å². The van der Waals surface area contributed by atoms with Crippen LogP contribution in [0.1, 0.15) is 34.6 Å². The van der Waals surface area contributed by atoms with Gasteiger partial charge in [0.2, 0.25) is 0 Å². The number of carbonyl (C=O) groups excluding carboxylic acids is 1. The van der Waals surface area contributed by atoms with Crippen molar-refractivity contribution in [1.29, 1.82) is 0 Å². The lowest BCUT2D eigenvalue weighted by atomic mass is 10.2. The average Bonchev–Trinajstić information content (AvgIpc) is 3.17. The zero-order chi connectivity index (χ0) is 20.3. The number of amides is 1. The van der Waals surface area contributed by atoms with Gasteiger partial charge in [-0.1, -0.05) is 0 Å². The fraction of sp³-hybridized carbons (Fsp3) is 0.400. The summed E-state index contributed by atoms with van der Waals surface area (Å²) in [6.07, 6.45) is 2.36. The van der Waals surface area contributed by atoms with Crippen molar-refractivity contribution >= 4 is 37.3 Å². The van der Waals surface area contributed by atoms with E-state index < -0.39 is 9.84 Å². The van der Waals surface area contributed by atoms with E-state index in [1.807, 2.05) is 13.0 Å². The molecule has 1 amide bonds. The van der Waals surface area contributed by atoms with E-state index in [4.69, 9.17) is 0 Å². The normalized spacial score (nSPS) is 21.0. The number of rotatable bonds is 4. The largest absolute Gasteiger partial charge is 0.331 e. The maximum atomic E-state index is 13.4. The molecule has 2 fully saturated rings. The number of aryl methyl sites for hydroxylation is 1. The van der Waals surface area contributed by atoms with Crippen molar-refractivity contribution in [3.63, 3.8) is 0 Å². The van der Waals surface area contributed by atoms with Crippen LogP contribution in [0.15, 0.2) is 30.3 Å². The number of nitrogens with zero attached hydrogens (tertiary/aromatic N) is 3. The van der Waals surface area contributed by atoms with Gasteiger partial charge in [0.15, 0.2) is 9.84 Å². The Bertz CT molecular complexity index is 1210. The Kier molecular flexibility index (Phi) is 4.29. The van der Waals surface area contributed by atoms with Crippen LogP contribution in [0.4, 0.5) is 4.39 Å². The van der Waals surface area contributed by atoms with Crippen LogP contribution in [0.5, 0.6) is 0 Å². The monoisotopic (exact) mass is 433 g/mol. The van der Waals surface area contributed by atoms with Gasteiger partial charge in [-0.2, -0.15) is 5.10 Å². The molecule has 1 saturated heterocycles. The van der Waals surface area contributed by atoms with Gasteiger partial charge in [-0.15, -0.1) is 11.3 Å². The smallest absolute Gasteiger partial charge is 0.264 e. The quantitative estimate of drug-likeness (QED) is 0.633. The van der Waals surface area contributed by atoms with E-state index in [1.165, 1.54) is 23.5 Å². The van der Waals surface area contributed by atoms with Crippen LogP contribution in [0, 0.1) is 12.7 Å². The minimum absolute atomic E-state index is 0.0581. The standard InChI is InChI=1S/C20H20FN3O3S2/c1-12-17-10-18(28-20(17)24(22-12)15-4-2-13(21)3-5-15)19(25)23(14-6-7-14)16-8-9-29(26,27)11-16/h2-5,10,14,16H,6-9,11H2,1H3. The first-order valence-electron chi connectivity index (χ1n) is 9.60. The maximum Gasteiger partial charge on any atom is 0.264 e. The summed E-state index contributed by atoms with van der Waals surface area (Å²) in [5.74, 6) is -0.203. The molecule has 1 aromatic carbocycles. The lowest BCUT2D eigenvalue weighted by Crippen LogP contribution is -2.42. The second-order valence-electron chi connectivity index (χ2n) is 7.80. The highest BCUT2D eigenvalue weighted by molar-refractivity contribution is 7.91. The third kappa shape index (κ3) is 3.36. The number of carbonyl (C=O) groups is 1. The molecule has 5 rings (SSSR count). The molecule has 9 heteroatoms. The van der Waals surface area contributed by atoms with Gasteiger partial charge < -0.3 is 4.90 Å². The molecule has 1 aliphatic carbocycles. The molecule has 3 aromatic rings. The Balaban J connectivity index is 1.52. The first-order valence-corrected chi connectivity index (χ1v) is 12.2. The van der Waals surface area contributed by atoms with Gasteiger partial charge in [0, 0.05) is 17.5 Å². The van der Waals surface area contributed by atoms with Crippen LogP contribution < -0.4 is 0 Å². The summed E-state index contributed by atoms with van der Waals surface area (Å²) in [7, 11) is -3.06. The van der Waals surface area contributed by atoms with Crippen molar-refractivity contribution in [2.75, 3.05) is 11.5 Å². The molecule has 0 spiro atoms. The number of hydrogen-bond acceptors (Lipinski definition) is 5. The first-order chi connectivity index (χ1) is 13.8. The van der Waals surface area contributed by atoms with Crippen molar-refractivity contribution in [3.05, 3.63) is 46.7 Å². The number of aromatic nitrogens is 2. The predicted octanol–water partition coefficient (Wildman–Crippen LogP) is 3.33. The topological polar surface area (TPSA) is 72.3 Å². The summed E-state index contributed by atoms with van der Waals surface area (Å²) in [5, 5.41) is 5.43. The van der Waals surface area contributed by atoms with Crippen LogP contribution in [-0.4, -0.2) is 52.6 Å². The molecular formula is C20H20FN3O3S2. The molecule has 152 valence electrons. The van der Waals surface area contributed by atoms with Gasteiger partial charge in [-0.25, -0.2) is 17.5 Å². The Morgan fingerprint density at radius 2 is 1.93 bits per heavy atom. The van der Waals surface area contributed by atoms with Gasteiger partial charge in [0.05, 0.1) is 27.8 Å². The van der Waals surface area contributed by atoms with Gasteiger partial charge in [-0.05, 0) is 56.5 Å². The molecule has 1 saturated carbocycles. The van der Waals surface area contributed by atoms with Crippen LogP contribution in [0.2, 0.25) is 0 Å². The van der Waals surface area contributed by atoms with Crippen LogP contribution >= 0.6 is 11.3 Å². The molecule has 1 atom stereocenters. The number of sulfone groups is 1. The lowest BCUT2D eigenvalue weighted by Gasteiger charge is -2.27. The molecule has 0 N–H and O–H groups in total. The van der Waals surface area contributed by atoms with E-state index in [-0.39, 0.29) is 35.3 Å². The second-order valence-corrected chi connectivity index (χ2v) is 11.1. The van der Waals surface area contributed by atoms with Crippen LogP contribution in [0.3, 0.4) is 0 Å². The summed E-state index contributed by atoms with van der Waals surface area (Å²) >= 11 is 1.35. The lowest BCUT2D eigenvalue weighted by molar-refractivity contribution is 0.0686. The van der Waals surface area contributed by atoms with Gasteiger partial charge in [-0.3, -0.25) is 4.79 Å². The number of fused-ring (bicyclic) bond motifs is 1. The van der Waals surface area contributed by atoms with Crippen molar-refractivity contribution in [2.24, 2.45) is 0 Å². The van der Waals surface area contributed by atoms with Crippen LogP contribution in [-0.2, 0) is 9.84 Å². The Hall–Kier alpha value is -2.26. The van der Waals surface area contributed by atoms with Crippen LogP contribution in [0.25, 0.3) is 15.9 Å². The minimum Gasteiger partial charge on any atom is -0.331 e. The highest BCUT2D eigenvalue weighted by atomic mass is 32.2. The molecule has 0 radical (unpaired) electrons. The third-order valence-electron chi connectivity index (χ3n) is 5.60. The maximum absolute atomic E-state index is 13.4. The molecule has 3 heterocycles. The molecule has 2 aromatic heterocycles. The summed E-state index contributed by atoms with van der Waals surface area (Å²) in [5.41, 5.74) is 1.52. The van der Waals surface area contributed by atoms with Crippen molar-refractivity contribution in [2.45, 2.75) is 38.3 Å². The number of benzene rings is 1.